The first-order valence-electron chi connectivity index (χ1n) is 13.9. The number of halogens is 1. The Morgan fingerprint density at radius 1 is 1.00 bits per heavy atom. The van der Waals surface area contributed by atoms with Crippen LogP contribution in [0.2, 0.25) is 5.02 Å². The molecule has 3 heterocycles. The number of hydrogen-bond donors (Lipinski definition) is 2. The fraction of sp³-hybridized carbons (Fsp3) is 0.344. The largest absolute Gasteiger partial charge is 0.445 e. The van der Waals surface area contributed by atoms with Crippen molar-refractivity contribution in [3.63, 3.8) is 0 Å². The number of anilines is 2. The van der Waals surface area contributed by atoms with Crippen molar-refractivity contribution in [3.05, 3.63) is 82.9 Å². The van der Waals surface area contributed by atoms with Crippen molar-refractivity contribution in [2.45, 2.75) is 56.1 Å². The number of nitrogens with zero attached hydrogens (tertiary/aromatic N) is 1. The fourth-order valence-electron chi connectivity index (χ4n) is 6.49. The standard InChI is InChI=1S/C32H32ClN3O5/c1-36(2)27-16-23(17-28(36)31-30(27)41-31)40-32(39)35-26-14-19(8-12-24(26)20-6-4-3-5-7-20)9-13-29(38)34-22-11-10-21(18-37)25(33)15-22/h3-8,10-12,14-15,18,23,27-28,30-31H,9,13,16-17H2,1-2H3,(H-,34,35,37,38,39)/p+1/t23?,27-,28+,30-,31+. The van der Waals surface area contributed by atoms with Gasteiger partial charge in [0.2, 0.25) is 5.91 Å². The molecule has 0 aliphatic carbocycles. The predicted octanol–water partition coefficient (Wildman–Crippen LogP) is 5.70. The number of carbonyl (C=O) groups excluding carboxylic acids is 3. The molecule has 0 saturated carbocycles. The summed E-state index contributed by atoms with van der Waals surface area (Å²) >= 11 is 6.08. The summed E-state index contributed by atoms with van der Waals surface area (Å²) in [7, 11) is 4.50. The Morgan fingerprint density at radius 3 is 2.41 bits per heavy atom. The lowest BCUT2D eigenvalue weighted by Gasteiger charge is -2.45. The van der Waals surface area contributed by atoms with E-state index in [1.54, 1.807) is 18.2 Å². The van der Waals surface area contributed by atoms with Crippen LogP contribution in [0.15, 0.2) is 66.7 Å². The lowest BCUT2D eigenvalue weighted by Crippen LogP contribution is -2.60. The SMILES string of the molecule is C[N+]1(C)[C@@H]2CC(OC(=O)Nc3cc(CCC(=O)Nc4ccc(C=O)c(Cl)c4)ccc3-c3ccccc3)C[C@H]1[C@@H]1O[C@@H]12. The highest BCUT2D eigenvalue weighted by Gasteiger charge is 2.70. The van der Waals surface area contributed by atoms with E-state index in [1.165, 1.54) is 0 Å². The molecule has 0 radical (unpaired) electrons. The second-order valence-electron chi connectivity index (χ2n) is 11.6. The molecule has 9 heteroatoms. The van der Waals surface area contributed by atoms with E-state index >= 15 is 0 Å². The Kier molecular flexibility index (Phi) is 7.32. The monoisotopic (exact) mass is 574 g/mol. The number of amides is 2. The van der Waals surface area contributed by atoms with E-state index in [2.05, 4.69) is 24.7 Å². The zero-order valence-electron chi connectivity index (χ0n) is 23.0. The maximum atomic E-state index is 13.1. The third-order valence-corrected chi connectivity index (χ3v) is 9.10. The van der Waals surface area contributed by atoms with Crippen LogP contribution in [0, 0.1) is 0 Å². The molecular weight excluding hydrogens is 542 g/mol. The highest BCUT2D eigenvalue weighted by molar-refractivity contribution is 6.33. The number of likely N-dealkylation sites (N-methyl/N-ethyl adjacent to an activating group) is 1. The zero-order valence-corrected chi connectivity index (χ0v) is 23.8. The van der Waals surface area contributed by atoms with Gasteiger partial charge in [-0.25, -0.2) is 4.79 Å². The van der Waals surface area contributed by atoms with E-state index in [0.29, 0.717) is 41.7 Å². The number of aldehydes is 1. The predicted molar refractivity (Wildman–Crippen MR) is 157 cm³/mol. The highest BCUT2D eigenvalue weighted by Crippen LogP contribution is 2.51. The van der Waals surface area contributed by atoms with Crippen LogP contribution in [0.1, 0.15) is 35.2 Å². The van der Waals surface area contributed by atoms with Gasteiger partial charge < -0.3 is 19.3 Å². The van der Waals surface area contributed by atoms with Gasteiger partial charge in [0.1, 0.15) is 30.4 Å². The number of morpholine rings is 1. The second-order valence-corrected chi connectivity index (χ2v) is 12.0. The maximum Gasteiger partial charge on any atom is 0.411 e. The normalized spacial score (nSPS) is 25.1. The molecule has 3 aromatic carbocycles. The summed E-state index contributed by atoms with van der Waals surface area (Å²) in [6, 6.07) is 21.1. The van der Waals surface area contributed by atoms with E-state index in [4.69, 9.17) is 21.1 Å². The molecule has 8 nitrogen and oxygen atoms in total. The Bertz CT molecular complexity index is 1470. The van der Waals surface area contributed by atoms with Gasteiger partial charge in [0.25, 0.3) is 0 Å². The lowest BCUT2D eigenvalue weighted by atomic mass is 9.96. The molecule has 3 aromatic rings. The maximum absolute atomic E-state index is 13.1. The minimum atomic E-state index is -0.473. The van der Waals surface area contributed by atoms with Crippen LogP contribution in [-0.4, -0.2) is 67.3 Å². The summed E-state index contributed by atoms with van der Waals surface area (Å²) in [5.41, 5.74) is 4.27. The molecular formula is C32H33ClN3O5+. The average molecular weight is 575 g/mol. The Labute approximate surface area is 244 Å². The van der Waals surface area contributed by atoms with Crippen molar-refractivity contribution < 1.29 is 28.3 Å². The number of quaternary nitrogens is 1. The molecule has 2 bridgehead atoms. The van der Waals surface area contributed by atoms with Crippen LogP contribution >= 0.6 is 11.6 Å². The van der Waals surface area contributed by atoms with Crippen LogP contribution in [0.4, 0.5) is 16.2 Å². The number of epoxide rings is 1. The van der Waals surface area contributed by atoms with Gasteiger partial charge in [0, 0.05) is 36.1 Å². The van der Waals surface area contributed by atoms with Gasteiger partial charge in [-0.05, 0) is 41.8 Å². The number of piperidine rings is 1. The number of fused-ring (bicyclic) bond motifs is 5. The van der Waals surface area contributed by atoms with Crippen LogP contribution in [0.3, 0.4) is 0 Å². The first-order chi connectivity index (χ1) is 19.7. The van der Waals surface area contributed by atoms with Crippen molar-refractivity contribution >= 4 is 41.3 Å². The number of benzene rings is 3. The topological polar surface area (TPSA) is 97.0 Å². The molecule has 3 aliphatic rings. The summed E-state index contributed by atoms with van der Waals surface area (Å²) in [5, 5.41) is 6.09. The number of rotatable bonds is 8. The molecule has 1 unspecified atom stereocenters. The Balaban J connectivity index is 1.13. The Hall–Kier alpha value is -3.72. The quantitative estimate of drug-likeness (QED) is 0.204. The molecule has 0 spiro atoms. The van der Waals surface area contributed by atoms with Gasteiger partial charge in [-0.15, -0.1) is 0 Å². The van der Waals surface area contributed by atoms with Crippen LogP contribution in [0.5, 0.6) is 0 Å². The number of nitrogens with one attached hydrogen (secondary N) is 2. The summed E-state index contributed by atoms with van der Waals surface area (Å²) in [4.78, 5) is 36.8. The number of ether oxygens (including phenoxy) is 2. The van der Waals surface area contributed by atoms with Crippen molar-refractivity contribution in [2.24, 2.45) is 0 Å². The third kappa shape index (κ3) is 5.60. The van der Waals surface area contributed by atoms with Gasteiger partial charge in [0.05, 0.1) is 24.8 Å². The number of hydrogen-bond acceptors (Lipinski definition) is 5. The van der Waals surface area contributed by atoms with Gasteiger partial charge in [-0.1, -0.05) is 54.1 Å². The smallest absolute Gasteiger partial charge is 0.411 e. The highest BCUT2D eigenvalue weighted by atomic mass is 35.5. The molecule has 2 amide bonds. The first kappa shape index (κ1) is 27.4. The van der Waals surface area contributed by atoms with E-state index in [1.807, 2.05) is 48.5 Å². The van der Waals surface area contributed by atoms with Crippen molar-refractivity contribution in [3.8, 4) is 11.1 Å². The van der Waals surface area contributed by atoms with Gasteiger partial charge >= 0.3 is 6.09 Å². The summed E-state index contributed by atoms with van der Waals surface area (Å²) in [6.07, 6.45) is 2.91. The minimum absolute atomic E-state index is 0.145. The summed E-state index contributed by atoms with van der Waals surface area (Å²) in [5.74, 6) is -0.184. The fourth-order valence-corrected chi connectivity index (χ4v) is 6.72. The van der Waals surface area contributed by atoms with Crippen LogP contribution in [-0.2, 0) is 20.7 Å². The molecule has 5 atom stereocenters. The molecule has 3 fully saturated rings. The number of aryl methyl sites for hydroxylation is 1. The van der Waals surface area contributed by atoms with Crippen molar-refractivity contribution in [2.75, 3.05) is 24.7 Å². The van der Waals surface area contributed by atoms with E-state index in [9.17, 15) is 14.4 Å². The van der Waals surface area contributed by atoms with E-state index in [0.717, 1.165) is 34.0 Å². The molecule has 2 N–H and O–H groups in total. The zero-order chi connectivity index (χ0) is 28.7. The van der Waals surface area contributed by atoms with Crippen LogP contribution < -0.4 is 10.6 Å². The van der Waals surface area contributed by atoms with Gasteiger partial charge in [0.15, 0.2) is 6.29 Å². The summed E-state index contributed by atoms with van der Waals surface area (Å²) in [6.45, 7) is 0. The molecule has 0 aromatic heterocycles. The lowest BCUT2D eigenvalue weighted by molar-refractivity contribution is -0.938. The van der Waals surface area contributed by atoms with Crippen molar-refractivity contribution in [1.29, 1.82) is 0 Å². The molecule has 6 rings (SSSR count). The molecule has 3 saturated heterocycles. The van der Waals surface area contributed by atoms with Gasteiger partial charge in [-0.3, -0.25) is 14.9 Å². The third-order valence-electron chi connectivity index (χ3n) is 8.77. The molecule has 212 valence electrons. The van der Waals surface area contributed by atoms with E-state index in [-0.39, 0.29) is 35.7 Å². The van der Waals surface area contributed by atoms with Crippen molar-refractivity contribution in [1.82, 2.24) is 0 Å². The molecule has 3 aliphatic heterocycles. The second kappa shape index (κ2) is 10.9. The minimum Gasteiger partial charge on any atom is -0.445 e. The Morgan fingerprint density at radius 2 is 1.73 bits per heavy atom. The van der Waals surface area contributed by atoms with Gasteiger partial charge in [-0.2, -0.15) is 0 Å². The summed E-state index contributed by atoms with van der Waals surface area (Å²) < 4.78 is 12.7. The average Bonchev–Trinajstić information content (AvgIpc) is 3.71. The van der Waals surface area contributed by atoms with Crippen LogP contribution in [0.25, 0.3) is 11.1 Å². The number of carbonyl (C=O) groups is 3. The molecule has 41 heavy (non-hydrogen) atoms. The first-order valence-corrected chi connectivity index (χ1v) is 14.3. The van der Waals surface area contributed by atoms with E-state index < -0.39 is 6.09 Å².